The first-order valence-corrected chi connectivity index (χ1v) is 6.38. The molecule has 2 aromatic rings. The minimum atomic E-state index is 0.161. The van der Waals surface area contributed by atoms with Crippen LogP contribution in [-0.4, -0.2) is 21.9 Å². The first-order valence-electron chi connectivity index (χ1n) is 6.38. The molecule has 1 atom stereocenters. The van der Waals surface area contributed by atoms with Crippen LogP contribution in [0.25, 0.3) is 0 Å². The highest BCUT2D eigenvalue weighted by molar-refractivity contribution is 5.45. The summed E-state index contributed by atoms with van der Waals surface area (Å²) in [5.74, 6) is 0.731. The summed E-state index contributed by atoms with van der Waals surface area (Å²) in [6, 6.07) is 5.69. The summed E-state index contributed by atoms with van der Waals surface area (Å²) in [4.78, 5) is 0. The van der Waals surface area contributed by atoms with Crippen LogP contribution in [0.2, 0.25) is 0 Å². The van der Waals surface area contributed by atoms with Crippen molar-refractivity contribution in [2.24, 2.45) is 0 Å². The summed E-state index contributed by atoms with van der Waals surface area (Å²) in [5, 5.41) is 20.1. The highest BCUT2D eigenvalue weighted by atomic mass is 16.5. The molecule has 1 aromatic carbocycles. The fourth-order valence-electron chi connectivity index (χ4n) is 1.86. The highest BCUT2D eigenvalue weighted by Gasteiger charge is 2.10. The Kier molecular flexibility index (Phi) is 4.41. The van der Waals surface area contributed by atoms with Gasteiger partial charge in [0.1, 0.15) is 0 Å². The van der Waals surface area contributed by atoms with Crippen LogP contribution in [0.4, 0.5) is 0 Å². The maximum absolute atomic E-state index is 10.1. The molecule has 1 unspecified atom stereocenters. The third-order valence-corrected chi connectivity index (χ3v) is 3.00. The van der Waals surface area contributed by atoms with E-state index in [2.05, 4.69) is 15.5 Å². The van der Waals surface area contributed by atoms with Crippen molar-refractivity contribution >= 4 is 0 Å². The number of H-pyrrole nitrogens is 1. The van der Waals surface area contributed by atoms with Crippen molar-refractivity contribution in [1.82, 2.24) is 15.5 Å². The van der Waals surface area contributed by atoms with Crippen molar-refractivity contribution in [3.63, 3.8) is 0 Å². The zero-order valence-electron chi connectivity index (χ0n) is 11.2. The van der Waals surface area contributed by atoms with Crippen molar-refractivity contribution in [1.29, 1.82) is 0 Å². The lowest BCUT2D eigenvalue weighted by Crippen LogP contribution is -2.17. The van der Waals surface area contributed by atoms with Gasteiger partial charge in [0, 0.05) is 29.9 Å². The summed E-state index contributed by atoms with van der Waals surface area (Å²) >= 11 is 0. The molecular formula is C14H19N3O2. The monoisotopic (exact) mass is 261 g/mol. The summed E-state index contributed by atoms with van der Waals surface area (Å²) in [6.07, 6.45) is 3.64. The van der Waals surface area contributed by atoms with Gasteiger partial charge in [-0.05, 0) is 19.9 Å². The van der Waals surface area contributed by atoms with Gasteiger partial charge in [-0.1, -0.05) is 12.1 Å². The van der Waals surface area contributed by atoms with E-state index in [1.165, 1.54) is 0 Å². The van der Waals surface area contributed by atoms with Gasteiger partial charge in [0.05, 0.1) is 12.8 Å². The Hall–Kier alpha value is -2.01. The Morgan fingerprint density at radius 3 is 3.00 bits per heavy atom. The van der Waals surface area contributed by atoms with Gasteiger partial charge in [-0.15, -0.1) is 0 Å². The Balaban J connectivity index is 2.01. The highest BCUT2D eigenvalue weighted by Crippen LogP contribution is 2.30. The summed E-state index contributed by atoms with van der Waals surface area (Å²) in [5.41, 5.74) is 1.90. The first kappa shape index (κ1) is 13.4. The summed E-state index contributed by atoms with van der Waals surface area (Å²) in [7, 11) is 0. The van der Waals surface area contributed by atoms with Crippen LogP contribution in [0.3, 0.4) is 0 Å². The molecule has 0 aliphatic heterocycles. The van der Waals surface area contributed by atoms with Crippen molar-refractivity contribution in [2.75, 3.05) is 6.61 Å². The van der Waals surface area contributed by atoms with Crippen LogP contribution >= 0.6 is 0 Å². The Morgan fingerprint density at radius 2 is 2.32 bits per heavy atom. The molecule has 0 amide bonds. The molecule has 0 radical (unpaired) electrons. The second-order valence-electron chi connectivity index (χ2n) is 4.33. The van der Waals surface area contributed by atoms with Crippen molar-refractivity contribution in [3.05, 3.63) is 41.7 Å². The van der Waals surface area contributed by atoms with Crippen molar-refractivity contribution < 1.29 is 9.84 Å². The number of aromatic amines is 1. The molecule has 0 bridgehead atoms. The number of aromatic nitrogens is 2. The maximum atomic E-state index is 10.1. The average molecular weight is 261 g/mol. The molecule has 102 valence electrons. The largest absolute Gasteiger partial charge is 0.504 e. The lowest BCUT2D eigenvalue weighted by Gasteiger charge is -2.14. The standard InChI is InChI=1S/C14H19N3O2/c1-3-19-13-6-4-5-11(14(13)18)7-15-10(2)12-8-16-17-9-12/h4-6,8-10,15,18H,3,7H2,1-2H3,(H,16,17). The lowest BCUT2D eigenvalue weighted by atomic mass is 10.1. The number of ether oxygens (including phenoxy) is 1. The fourth-order valence-corrected chi connectivity index (χ4v) is 1.86. The number of nitrogens with one attached hydrogen (secondary N) is 2. The third kappa shape index (κ3) is 3.26. The van der Waals surface area contributed by atoms with Gasteiger partial charge >= 0.3 is 0 Å². The van der Waals surface area contributed by atoms with E-state index in [9.17, 15) is 5.11 Å². The second-order valence-corrected chi connectivity index (χ2v) is 4.33. The van der Waals surface area contributed by atoms with Crippen LogP contribution in [0.1, 0.15) is 31.0 Å². The number of hydrogen-bond donors (Lipinski definition) is 3. The maximum Gasteiger partial charge on any atom is 0.162 e. The van der Waals surface area contributed by atoms with Crippen LogP contribution < -0.4 is 10.1 Å². The van der Waals surface area contributed by atoms with Crippen molar-refractivity contribution in [3.8, 4) is 11.5 Å². The SMILES string of the molecule is CCOc1cccc(CNC(C)c2cn[nH]c2)c1O. The minimum absolute atomic E-state index is 0.161. The van der Waals surface area contributed by atoms with Gasteiger partial charge in [-0.3, -0.25) is 5.10 Å². The topological polar surface area (TPSA) is 70.2 Å². The molecule has 0 aliphatic rings. The van der Waals surface area contributed by atoms with Gasteiger partial charge < -0.3 is 15.2 Å². The molecule has 3 N–H and O–H groups in total. The molecule has 5 nitrogen and oxygen atoms in total. The van der Waals surface area contributed by atoms with Gasteiger partial charge in [0.2, 0.25) is 0 Å². The van der Waals surface area contributed by atoms with E-state index in [-0.39, 0.29) is 11.8 Å². The van der Waals surface area contributed by atoms with Crippen LogP contribution in [-0.2, 0) is 6.54 Å². The molecule has 0 saturated carbocycles. The van der Waals surface area contributed by atoms with E-state index in [0.29, 0.717) is 18.9 Å². The quantitative estimate of drug-likeness (QED) is 0.746. The Bertz CT molecular complexity index is 511. The smallest absolute Gasteiger partial charge is 0.162 e. The number of nitrogens with zero attached hydrogens (tertiary/aromatic N) is 1. The second kappa shape index (κ2) is 6.24. The predicted molar refractivity (Wildman–Crippen MR) is 73.1 cm³/mol. The fraction of sp³-hybridized carbons (Fsp3) is 0.357. The molecule has 19 heavy (non-hydrogen) atoms. The summed E-state index contributed by atoms with van der Waals surface area (Å²) in [6.45, 7) is 5.05. The Morgan fingerprint density at radius 1 is 1.47 bits per heavy atom. The normalized spacial score (nSPS) is 12.3. The minimum Gasteiger partial charge on any atom is -0.504 e. The number of phenolic OH excluding ortho intramolecular Hbond substituents is 1. The molecule has 1 aromatic heterocycles. The first-order chi connectivity index (χ1) is 9.22. The molecule has 2 rings (SSSR count). The van der Waals surface area contributed by atoms with Crippen molar-refractivity contribution in [2.45, 2.75) is 26.4 Å². The lowest BCUT2D eigenvalue weighted by molar-refractivity contribution is 0.316. The van der Waals surface area contributed by atoms with E-state index in [0.717, 1.165) is 11.1 Å². The van der Waals surface area contributed by atoms with Crippen LogP contribution in [0, 0.1) is 0 Å². The molecule has 1 heterocycles. The van der Waals surface area contributed by atoms with E-state index < -0.39 is 0 Å². The molecule has 0 aliphatic carbocycles. The third-order valence-electron chi connectivity index (χ3n) is 3.00. The number of aromatic hydroxyl groups is 1. The van der Waals surface area contributed by atoms with E-state index in [4.69, 9.17) is 4.74 Å². The van der Waals surface area contributed by atoms with E-state index in [1.54, 1.807) is 12.3 Å². The molecule has 0 fully saturated rings. The van der Waals surface area contributed by atoms with Crippen LogP contribution in [0.15, 0.2) is 30.6 Å². The molecule has 0 saturated heterocycles. The number of phenols is 1. The number of para-hydroxylation sites is 1. The van der Waals surface area contributed by atoms with Gasteiger partial charge in [-0.2, -0.15) is 5.10 Å². The molecule has 5 heteroatoms. The van der Waals surface area contributed by atoms with Crippen LogP contribution in [0.5, 0.6) is 11.5 Å². The van der Waals surface area contributed by atoms with Gasteiger partial charge in [-0.25, -0.2) is 0 Å². The van der Waals surface area contributed by atoms with E-state index in [1.807, 2.05) is 32.2 Å². The number of hydrogen-bond acceptors (Lipinski definition) is 4. The van der Waals surface area contributed by atoms with Gasteiger partial charge in [0.15, 0.2) is 11.5 Å². The van der Waals surface area contributed by atoms with Gasteiger partial charge in [0.25, 0.3) is 0 Å². The molecule has 0 spiro atoms. The zero-order chi connectivity index (χ0) is 13.7. The number of benzene rings is 1. The summed E-state index contributed by atoms with van der Waals surface area (Å²) < 4.78 is 5.36. The zero-order valence-corrected chi connectivity index (χ0v) is 11.2. The predicted octanol–water partition coefficient (Wildman–Crippen LogP) is 2.36. The molecular weight excluding hydrogens is 242 g/mol. The average Bonchev–Trinajstić information content (AvgIpc) is 2.94. The van der Waals surface area contributed by atoms with E-state index >= 15 is 0 Å². The number of rotatable bonds is 6. The Labute approximate surface area is 112 Å².